The molecule has 1 heterocycles. The molecular formula is C18H25FN2O7S. The highest BCUT2D eigenvalue weighted by Crippen LogP contribution is 2.31. The molecule has 0 unspecified atom stereocenters. The molecule has 162 valence electrons. The van der Waals surface area contributed by atoms with Crippen LogP contribution in [0.2, 0.25) is 0 Å². The summed E-state index contributed by atoms with van der Waals surface area (Å²) >= 11 is 0. The summed E-state index contributed by atoms with van der Waals surface area (Å²) in [5.74, 6) is -1.02. The first kappa shape index (κ1) is 22.7. The van der Waals surface area contributed by atoms with Gasteiger partial charge in [0.05, 0.1) is 12.7 Å². The first-order chi connectivity index (χ1) is 13.3. The Hall–Kier alpha value is -2.56. The summed E-state index contributed by atoms with van der Waals surface area (Å²) in [7, 11) is -4.09. The number of nitrogens with zero attached hydrogens (tertiary/aromatic N) is 2. The van der Waals surface area contributed by atoms with E-state index in [1.165, 1.54) is 26.2 Å². The van der Waals surface area contributed by atoms with Crippen molar-refractivity contribution in [1.29, 1.82) is 0 Å². The van der Waals surface area contributed by atoms with Gasteiger partial charge in [-0.15, -0.1) is 0 Å². The summed E-state index contributed by atoms with van der Waals surface area (Å²) in [5.41, 5.74) is 0.0240. The average Bonchev–Trinajstić information content (AvgIpc) is 2.60. The Morgan fingerprint density at radius 3 is 2.17 bits per heavy atom. The highest BCUT2D eigenvalue weighted by atomic mass is 32.3. The van der Waals surface area contributed by atoms with Gasteiger partial charge in [0.15, 0.2) is 5.75 Å². The molecule has 2 rings (SSSR count). The van der Waals surface area contributed by atoms with E-state index in [0.717, 1.165) is 0 Å². The molecular weight excluding hydrogens is 407 g/mol. The van der Waals surface area contributed by atoms with Crippen molar-refractivity contribution in [2.24, 2.45) is 0 Å². The number of benzene rings is 1. The van der Waals surface area contributed by atoms with Gasteiger partial charge in [0.1, 0.15) is 5.60 Å². The standard InChI is InChI=1S/C18H25FN2O7S/c1-12-14(16(22)26-5)10-13(11-15(12)28-29(19,24)25)20-6-8-21(9-7-20)17(23)27-18(2,3)4/h10-11H,6-9H2,1-5H3. The summed E-state index contributed by atoms with van der Waals surface area (Å²) in [5, 5.41) is 0. The molecule has 11 heteroatoms. The molecule has 1 aromatic rings. The van der Waals surface area contributed by atoms with Gasteiger partial charge in [0.25, 0.3) is 0 Å². The Morgan fingerprint density at radius 1 is 1.10 bits per heavy atom. The van der Waals surface area contributed by atoms with Crippen LogP contribution < -0.4 is 9.08 Å². The van der Waals surface area contributed by atoms with Gasteiger partial charge in [-0.25, -0.2) is 9.59 Å². The highest BCUT2D eigenvalue weighted by molar-refractivity contribution is 7.81. The van der Waals surface area contributed by atoms with Crippen LogP contribution in [0, 0.1) is 6.92 Å². The fourth-order valence-corrected chi connectivity index (χ4v) is 3.23. The van der Waals surface area contributed by atoms with E-state index in [-0.39, 0.29) is 16.9 Å². The predicted molar refractivity (Wildman–Crippen MR) is 103 cm³/mol. The second-order valence-corrected chi connectivity index (χ2v) is 8.49. The molecule has 1 saturated heterocycles. The fourth-order valence-electron chi connectivity index (χ4n) is 2.85. The molecule has 9 nitrogen and oxygen atoms in total. The maximum Gasteiger partial charge on any atom is 0.488 e. The number of rotatable bonds is 4. The topological polar surface area (TPSA) is 102 Å². The molecule has 0 radical (unpaired) electrons. The number of halogens is 1. The van der Waals surface area contributed by atoms with Crippen molar-refractivity contribution in [3.63, 3.8) is 0 Å². The lowest BCUT2D eigenvalue weighted by molar-refractivity contribution is 0.0240. The van der Waals surface area contributed by atoms with E-state index in [2.05, 4.69) is 4.18 Å². The quantitative estimate of drug-likeness (QED) is 0.528. The summed E-state index contributed by atoms with van der Waals surface area (Å²) in [6, 6.07) is 2.85. The van der Waals surface area contributed by atoms with Gasteiger partial charge in [0, 0.05) is 43.5 Å². The average molecular weight is 432 g/mol. The number of methoxy groups -OCH3 is 1. The van der Waals surface area contributed by atoms with E-state index in [9.17, 15) is 21.9 Å². The summed E-state index contributed by atoms with van der Waals surface area (Å²) in [6.07, 6.45) is -0.427. The molecule has 1 aliphatic rings. The number of esters is 1. The van der Waals surface area contributed by atoms with Crippen molar-refractivity contribution in [3.05, 3.63) is 23.3 Å². The van der Waals surface area contributed by atoms with Crippen molar-refractivity contribution < 1.29 is 35.5 Å². The first-order valence-electron chi connectivity index (χ1n) is 8.90. The van der Waals surface area contributed by atoms with Crippen LogP contribution in [0.3, 0.4) is 0 Å². The van der Waals surface area contributed by atoms with Crippen molar-refractivity contribution in [3.8, 4) is 5.75 Å². The minimum Gasteiger partial charge on any atom is -0.465 e. The minimum absolute atomic E-state index is 0.0539. The molecule has 1 aromatic carbocycles. The number of carbonyl (C=O) groups is 2. The van der Waals surface area contributed by atoms with Gasteiger partial charge in [-0.2, -0.15) is 8.42 Å². The third-order valence-corrected chi connectivity index (χ3v) is 4.61. The second-order valence-electron chi connectivity index (χ2n) is 7.54. The Balaban J connectivity index is 2.25. The van der Waals surface area contributed by atoms with Crippen LogP contribution in [-0.4, -0.2) is 64.3 Å². The third-order valence-electron chi connectivity index (χ3n) is 4.24. The van der Waals surface area contributed by atoms with E-state index >= 15 is 0 Å². The number of ether oxygens (including phenoxy) is 2. The van der Waals surface area contributed by atoms with Crippen LogP contribution in [0.1, 0.15) is 36.7 Å². The first-order valence-corrected chi connectivity index (χ1v) is 10.2. The largest absolute Gasteiger partial charge is 0.488 e. The highest BCUT2D eigenvalue weighted by Gasteiger charge is 2.27. The minimum atomic E-state index is -5.27. The normalized spacial score (nSPS) is 15.1. The van der Waals surface area contributed by atoms with Gasteiger partial charge in [0.2, 0.25) is 0 Å². The zero-order chi connectivity index (χ0) is 22.0. The smallest absolute Gasteiger partial charge is 0.465 e. The summed E-state index contributed by atoms with van der Waals surface area (Å²) in [6.45, 7) is 8.26. The zero-order valence-corrected chi connectivity index (χ0v) is 17.8. The molecule has 0 aromatic heterocycles. The van der Waals surface area contributed by atoms with Gasteiger partial charge in [-0.3, -0.25) is 0 Å². The maximum atomic E-state index is 13.1. The molecule has 1 fully saturated rings. The van der Waals surface area contributed by atoms with E-state index in [1.807, 2.05) is 4.90 Å². The lowest BCUT2D eigenvalue weighted by Crippen LogP contribution is -2.50. The lowest BCUT2D eigenvalue weighted by atomic mass is 10.1. The van der Waals surface area contributed by atoms with Crippen molar-refractivity contribution in [1.82, 2.24) is 4.90 Å². The van der Waals surface area contributed by atoms with Gasteiger partial charge in [-0.1, -0.05) is 3.89 Å². The molecule has 0 spiro atoms. The SMILES string of the molecule is COC(=O)c1cc(N2CCN(C(=O)OC(C)(C)C)CC2)cc(OS(=O)(=O)F)c1C. The zero-order valence-electron chi connectivity index (χ0n) is 17.0. The summed E-state index contributed by atoms with van der Waals surface area (Å²) < 4.78 is 49.4. The molecule has 0 bridgehead atoms. The van der Waals surface area contributed by atoms with Crippen LogP contribution >= 0.6 is 0 Å². The Labute approximate surface area is 169 Å². The Kier molecular flexibility index (Phi) is 6.61. The van der Waals surface area contributed by atoms with Gasteiger partial charge < -0.3 is 23.5 Å². The van der Waals surface area contributed by atoms with Crippen LogP contribution in [0.25, 0.3) is 0 Å². The van der Waals surface area contributed by atoms with Crippen molar-refractivity contribution in [2.45, 2.75) is 33.3 Å². The van der Waals surface area contributed by atoms with E-state index in [4.69, 9.17) is 9.47 Å². The molecule has 0 atom stereocenters. The van der Waals surface area contributed by atoms with Crippen LogP contribution in [-0.2, 0) is 20.0 Å². The molecule has 0 saturated carbocycles. The van der Waals surface area contributed by atoms with E-state index in [1.54, 1.807) is 25.7 Å². The van der Waals surface area contributed by atoms with Crippen LogP contribution in [0.15, 0.2) is 12.1 Å². The number of amides is 1. The van der Waals surface area contributed by atoms with Crippen molar-refractivity contribution in [2.75, 3.05) is 38.2 Å². The molecule has 1 aliphatic heterocycles. The maximum absolute atomic E-state index is 13.1. The number of hydrogen-bond donors (Lipinski definition) is 0. The lowest BCUT2D eigenvalue weighted by Gasteiger charge is -2.37. The molecule has 1 amide bonds. The Morgan fingerprint density at radius 2 is 1.69 bits per heavy atom. The monoisotopic (exact) mass is 432 g/mol. The number of piperazine rings is 1. The van der Waals surface area contributed by atoms with Crippen LogP contribution in [0.4, 0.5) is 14.4 Å². The predicted octanol–water partition coefficient (Wildman–Crippen LogP) is 2.43. The van der Waals surface area contributed by atoms with E-state index in [0.29, 0.717) is 31.9 Å². The van der Waals surface area contributed by atoms with Crippen molar-refractivity contribution >= 4 is 28.3 Å². The molecule has 29 heavy (non-hydrogen) atoms. The molecule has 0 N–H and O–H groups in total. The molecule has 0 aliphatic carbocycles. The van der Waals surface area contributed by atoms with Gasteiger partial charge >= 0.3 is 22.6 Å². The van der Waals surface area contributed by atoms with Crippen LogP contribution in [0.5, 0.6) is 5.75 Å². The van der Waals surface area contributed by atoms with Gasteiger partial charge in [-0.05, 0) is 33.8 Å². The van der Waals surface area contributed by atoms with E-state index < -0.39 is 28.2 Å². The second kappa shape index (κ2) is 8.44. The number of hydrogen-bond acceptors (Lipinski definition) is 8. The number of anilines is 1. The Bertz CT molecular complexity index is 888. The fraction of sp³-hybridized carbons (Fsp3) is 0.556. The number of carbonyl (C=O) groups excluding carboxylic acids is 2. The third kappa shape index (κ3) is 6.21. The summed E-state index contributed by atoms with van der Waals surface area (Å²) in [4.78, 5) is 27.6.